The number of allylic oxidation sites excluding steroid dienone is 1. The lowest BCUT2D eigenvalue weighted by atomic mass is 10.1. The van der Waals surface area contributed by atoms with Gasteiger partial charge in [0.25, 0.3) is 0 Å². The quantitative estimate of drug-likeness (QED) is 0.254. The molecule has 0 radical (unpaired) electrons. The summed E-state index contributed by atoms with van der Waals surface area (Å²) < 4.78 is 1.87. The van der Waals surface area contributed by atoms with E-state index in [1.807, 2.05) is 47.0 Å². The van der Waals surface area contributed by atoms with Crippen LogP contribution in [0.25, 0.3) is 22.2 Å². The second kappa shape index (κ2) is 9.56. The molecule has 0 spiro atoms. The molecule has 4 aromatic rings. The van der Waals surface area contributed by atoms with E-state index in [-0.39, 0.29) is 11.7 Å². The van der Waals surface area contributed by atoms with Crippen LogP contribution in [0, 0.1) is 0 Å². The summed E-state index contributed by atoms with van der Waals surface area (Å²) in [6.45, 7) is 4.29. The van der Waals surface area contributed by atoms with Gasteiger partial charge in [-0.15, -0.1) is 16.8 Å². The van der Waals surface area contributed by atoms with Crippen LogP contribution in [0.5, 0.6) is 0 Å². The van der Waals surface area contributed by atoms with Crippen LogP contribution in [0.3, 0.4) is 0 Å². The monoisotopic (exact) mass is 468 g/mol. The lowest BCUT2D eigenvalue weighted by Gasteiger charge is -2.10. The van der Waals surface area contributed by atoms with Crippen LogP contribution in [-0.4, -0.2) is 26.4 Å². The van der Waals surface area contributed by atoms with Crippen LogP contribution in [0.1, 0.15) is 0 Å². The van der Waals surface area contributed by atoms with E-state index in [1.54, 1.807) is 24.3 Å². The second-order valence-electron chi connectivity index (χ2n) is 6.69. The number of anilines is 1. The first kappa shape index (κ1) is 21.4. The fraction of sp³-hybridized carbons (Fsp3) is 0.0870. The third kappa shape index (κ3) is 4.77. The lowest BCUT2D eigenvalue weighted by Crippen LogP contribution is -2.15. The van der Waals surface area contributed by atoms with Crippen molar-refractivity contribution < 1.29 is 4.79 Å². The Balaban J connectivity index is 1.52. The van der Waals surface area contributed by atoms with Crippen molar-refractivity contribution in [2.45, 2.75) is 11.7 Å². The summed E-state index contributed by atoms with van der Waals surface area (Å²) in [5, 5.41) is 15.2. The normalized spacial score (nSPS) is 10.9. The van der Waals surface area contributed by atoms with Gasteiger partial charge in [0.2, 0.25) is 5.91 Å². The van der Waals surface area contributed by atoms with Crippen molar-refractivity contribution in [3.05, 3.63) is 83.4 Å². The van der Waals surface area contributed by atoms with Crippen LogP contribution < -0.4 is 5.32 Å². The zero-order chi connectivity index (χ0) is 21.8. The molecule has 0 aliphatic carbocycles. The Morgan fingerprint density at radius 3 is 2.71 bits per heavy atom. The highest BCUT2D eigenvalue weighted by Gasteiger charge is 2.17. The topological polar surface area (TPSA) is 59.8 Å². The predicted octanol–water partition coefficient (Wildman–Crippen LogP) is 6.32. The molecule has 0 bridgehead atoms. The number of thioether (sulfide) groups is 1. The Morgan fingerprint density at radius 1 is 1.10 bits per heavy atom. The van der Waals surface area contributed by atoms with Gasteiger partial charge < -0.3 is 5.32 Å². The Kier molecular flexibility index (Phi) is 6.61. The minimum atomic E-state index is -0.124. The molecule has 0 saturated carbocycles. The fourth-order valence-corrected chi connectivity index (χ4v) is 4.45. The summed E-state index contributed by atoms with van der Waals surface area (Å²) in [6, 6.07) is 19.0. The number of carbonyl (C=O) groups is 1. The van der Waals surface area contributed by atoms with Gasteiger partial charge in [-0.1, -0.05) is 77.4 Å². The van der Waals surface area contributed by atoms with Gasteiger partial charge in [-0.2, -0.15) is 0 Å². The van der Waals surface area contributed by atoms with Gasteiger partial charge in [-0.25, -0.2) is 0 Å². The number of halogens is 2. The van der Waals surface area contributed by atoms with E-state index in [4.69, 9.17) is 23.2 Å². The minimum absolute atomic E-state index is 0.124. The molecule has 1 heterocycles. The van der Waals surface area contributed by atoms with E-state index >= 15 is 0 Å². The Hall–Kier alpha value is -2.80. The number of benzene rings is 3. The van der Waals surface area contributed by atoms with Gasteiger partial charge in [0.1, 0.15) is 0 Å². The first-order chi connectivity index (χ1) is 15.1. The largest absolute Gasteiger partial charge is 0.325 e. The molecule has 0 aliphatic heterocycles. The molecular formula is C23H18Cl2N4OS. The van der Waals surface area contributed by atoms with Crippen molar-refractivity contribution in [3.63, 3.8) is 0 Å². The molecule has 0 unspecified atom stereocenters. The number of carbonyl (C=O) groups excluding carboxylic acids is 1. The second-order valence-corrected chi connectivity index (χ2v) is 8.48. The number of hydrogen-bond acceptors (Lipinski definition) is 4. The molecule has 31 heavy (non-hydrogen) atoms. The molecule has 0 atom stereocenters. The van der Waals surface area contributed by atoms with E-state index < -0.39 is 0 Å². The number of rotatable bonds is 7. The maximum atomic E-state index is 12.6. The standard InChI is InChI=1S/C23H18Cl2N4OS/c1-2-12-29-22(18-11-10-16(24)13-19(18)25)27-28-23(29)31-14-21(30)26-20-9-5-7-15-6-3-4-8-17(15)20/h2-11,13H,1,12,14H2,(H,26,30). The van der Waals surface area contributed by atoms with E-state index in [2.05, 4.69) is 22.1 Å². The number of amides is 1. The molecule has 0 aliphatic rings. The highest BCUT2D eigenvalue weighted by atomic mass is 35.5. The van der Waals surface area contributed by atoms with Crippen molar-refractivity contribution in [2.75, 3.05) is 11.1 Å². The van der Waals surface area contributed by atoms with Gasteiger partial charge in [0.05, 0.1) is 10.8 Å². The predicted molar refractivity (Wildman–Crippen MR) is 129 cm³/mol. The third-order valence-electron chi connectivity index (χ3n) is 4.60. The van der Waals surface area contributed by atoms with Crippen LogP contribution in [-0.2, 0) is 11.3 Å². The molecule has 0 saturated heterocycles. The van der Waals surface area contributed by atoms with Crippen molar-refractivity contribution in [2.24, 2.45) is 0 Å². The zero-order valence-electron chi connectivity index (χ0n) is 16.4. The molecule has 0 fully saturated rings. The summed E-state index contributed by atoms with van der Waals surface area (Å²) in [4.78, 5) is 12.6. The van der Waals surface area contributed by atoms with Gasteiger partial charge in [0, 0.05) is 28.2 Å². The number of hydrogen-bond donors (Lipinski definition) is 1. The van der Waals surface area contributed by atoms with Crippen molar-refractivity contribution in [3.8, 4) is 11.4 Å². The molecular weight excluding hydrogens is 451 g/mol. The summed E-state index contributed by atoms with van der Waals surface area (Å²) in [5.41, 5.74) is 1.50. The Labute approximate surface area is 194 Å². The summed E-state index contributed by atoms with van der Waals surface area (Å²) in [7, 11) is 0. The number of nitrogens with zero attached hydrogens (tertiary/aromatic N) is 3. The SMILES string of the molecule is C=CCn1c(SCC(=O)Nc2cccc3ccccc23)nnc1-c1ccc(Cl)cc1Cl. The summed E-state index contributed by atoms with van der Waals surface area (Å²) in [5.74, 6) is 0.659. The van der Waals surface area contributed by atoms with Crippen molar-refractivity contribution in [1.82, 2.24) is 14.8 Å². The first-order valence-electron chi connectivity index (χ1n) is 9.46. The maximum Gasteiger partial charge on any atom is 0.234 e. The maximum absolute atomic E-state index is 12.6. The van der Waals surface area contributed by atoms with Crippen LogP contribution in [0.2, 0.25) is 10.0 Å². The number of nitrogens with one attached hydrogen (secondary N) is 1. The molecule has 5 nitrogen and oxygen atoms in total. The summed E-state index contributed by atoms with van der Waals surface area (Å²) >= 11 is 13.7. The van der Waals surface area contributed by atoms with E-state index in [9.17, 15) is 4.79 Å². The van der Waals surface area contributed by atoms with Crippen molar-refractivity contribution >= 4 is 57.3 Å². The molecule has 4 rings (SSSR count). The Morgan fingerprint density at radius 2 is 1.90 bits per heavy atom. The van der Waals surface area contributed by atoms with Crippen LogP contribution >= 0.6 is 35.0 Å². The van der Waals surface area contributed by atoms with Gasteiger partial charge in [0.15, 0.2) is 11.0 Å². The molecule has 1 N–H and O–H groups in total. The van der Waals surface area contributed by atoms with Gasteiger partial charge in [-0.3, -0.25) is 9.36 Å². The first-order valence-corrected chi connectivity index (χ1v) is 11.2. The fourth-order valence-electron chi connectivity index (χ4n) is 3.21. The molecule has 1 aromatic heterocycles. The van der Waals surface area contributed by atoms with E-state index in [0.29, 0.717) is 33.1 Å². The molecule has 1 amide bonds. The zero-order valence-corrected chi connectivity index (χ0v) is 18.7. The number of aromatic nitrogens is 3. The summed E-state index contributed by atoms with van der Waals surface area (Å²) in [6.07, 6.45) is 1.75. The Bertz CT molecular complexity index is 1270. The van der Waals surface area contributed by atoms with E-state index in [0.717, 1.165) is 16.5 Å². The van der Waals surface area contributed by atoms with Crippen LogP contribution in [0.15, 0.2) is 78.5 Å². The van der Waals surface area contributed by atoms with Crippen LogP contribution in [0.4, 0.5) is 5.69 Å². The average Bonchev–Trinajstić information content (AvgIpc) is 3.15. The molecule has 156 valence electrons. The third-order valence-corrected chi connectivity index (χ3v) is 6.11. The minimum Gasteiger partial charge on any atom is -0.325 e. The van der Waals surface area contributed by atoms with Gasteiger partial charge in [-0.05, 0) is 29.7 Å². The number of fused-ring (bicyclic) bond motifs is 1. The highest BCUT2D eigenvalue weighted by Crippen LogP contribution is 2.31. The average molecular weight is 469 g/mol. The lowest BCUT2D eigenvalue weighted by molar-refractivity contribution is -0.113. The van der Waals surface area contributed by atoms with Gasteiger partial charge >= 0.3 is 0 Å². The van der Waals surface area contributed by atoms with E-state index in [1.165, 1.54) is 11.8 Å². The molecule has 3 aromatic carbocycles. The van der Waals surface area contributed by atoms with Crippen molar-refractivity contribution in [1.29, 1.82) is 0 Å². The smallest absolute Gasteiger partial charge is 0.234 e. The molecule has 8 heteroatoms. The highest BCUT2D eigenvalue weighted by molar-refractivity contribution is 7.99.